The lowest BCUT2D eigenvalue weighted by Crippen LogP contribution is -2.20. The van der Waals surface area contributed by atoms with E-state index in [1.54, 1.807) is 60.7 Å². The standard InChI is InChI=1S/C14H14O4S/c15-13(11-7-3-1-4-8-11)14(19(16,17)18)12-9-5-2-6-10-12/h1-10,13-15H,(H,16,17,18)/t13-,14-/m0/s1. The van der Waals surface area contributed by atoms with E-state index in [2.05, 4.69) is 0 Å². The highest BCUT2D eigenvalue weighted by Crippen LogP contribution is 2.34. The molecule has 0 bridgehead atoms. The molecule has 4 nitrogen and oxygen atoms in total. The van der Waals surface area contributed by atoms with Crippen molar-refractivity contribution in [1.82, 2.24) is 0 Å². The molecular weight excluding hydrogens is 264 g/mol. The highest BCUT2D eigenvalue weighted by molar-refractivity contribution is 7.86. The van der Waals surface area contributed by atoms with Gasteiger partial charge in [-0.05, 0) is 11.1 Å². The molecule has 2 rings (SSSR count). The third kappa shape index (κ3) is 3.20. The van der Waals surface area contributed by atoms with E-state index in [1.807, 2.05) is 0 Å². The van der Waals surface area contributed by atoms with Gasteiger partial charge in [0.05, 0.1) is 0 Å². The molecule has 0 radical (unpaired) electrons. The molecule has 0 saturated carbocycles. The predicted molar refractivity (Wildman–Crippen MR) is 72.1 cm³/mol. The molecule has 100 valence electrons. The van der Waals surface area contributed by atoms with Crippen molar-refractivity contribution in [3.8, 4) is 0 Å². The molecular formula is C14H14O4S. The van der Waals surface area contributed by atoms with Crippen LogP contribution in [-0.2, 0) is 10.1 Å². The van der Waals surface area contributed by atoms with Gasteiger partial charge in [0.1, 0.15) is 11.4 Å². The van der Waals surface area contributed by atoms with Gasteiger partial charge in [-0.25, -0.2) is 0 Å². The number of benzene rings is 2. The van der Waals surface area contributed by atoms with E-state index in [0.717, 1.165) is 0 Å². The Bertz CT molecular complexity index is 623. The van der Waals surface area contributed by atoms with Crippen LogP contribution in [0.4, 0.5) is 0 Å². The molecule has 5 heteroatoms. The minimum absolute atomic E-state index is 0.348. The number of hydrogen-bond acceptors (Lipinski definition) is 3. The van der Waals surface area contributed by atoms with Crippen LogP contribution in [-0.4, -0.2) is 18.1 Å². The first-order valence-corrected chi connectivity index (χ1v) is 7.25. The van der Waals surface area contributed by atoms with E-state index in [1.165, 1.54) is 0 Å². The molecule has 0 heterocycles. The Hall–Kier alpha value is -1.69. The van der Waals surface area contributed by atoms with Gasteiger partial charge >= 0.3 is 0 Å². The van der Waals surface area contributed by atoms with Crippen LogP contribution in [0.3, 0.4) is 0 Å². The lowest BCUT2D eigenvalue weighted by molar-refractivity contribution is 0.167. The van der Waals surface area contributed by atoms with Gasteiger partial charge in [0, 0.05) is 0 Å². The van der Waals surface area contributed by atoms with Crippen molar-refractivity contribution in [3.63, 3.8) is 0 Å². The average molecular weight is 278 g/mol. The van der Waals surface area contributed by atoms with Gasteiger partial charge in [-0.2, -0.15) is 8.42 Å². The zero-order valence-corrected chi connectivity index (χ0v) is 10.9. The topological polar surface area (TPSA) is 74.6 Å². The molecule has 0 aliphatic heterocycles. The number of rotatable bonds is 4. The second kappa shape index (κ2) is 5.52. The summed E-state index contributed by atoms with van der Waals surface area (Å²) >= 11 is 0. The molecule has 0 aromatic heterocycles. The predicted octanol–water partition coefficient (Wildman–Crippen LogP) is 2.35. The van der Waals surface area contributed by atoms with Crippen molar-refractivity contribution >= 4 is 10.1 Å². The lowest BCUT2D eigenvalue weighted by atomic mass is 10.0. The van der Waals surface area contributed by atoms with Crippen LogP contribution in [0.15, 0.2) is 60.7 Å². The second-order valence-corrected chi connectivity index (χ2v) is 5.74. The first-order valence-electron chi connectivity index (χ1n) is 5.74. The van der Waals surface area contributed by atoms with Crippen molar-refractivity contribution in [3.05, 3.63) is 71.8 Å². The Morgan fingerprint density at radius 2 is 1.21 bits per heavy atom. The first kappa shape index (κ1) is 13.7. The van der Waals surface area contributed by atoms with Crippen molar-refractivity contribution in [1.29, 1.82) is 0 Å². The number of aliphatic hydroxyl groups excluding tert-OH is 1. The summed E-state index contributed by atoms with van der Waals surface area (Å²) in [5, 5.41) is 8.84. The van der Waals surface area contributed by atoms with Gasteiger partial charge < -0.3 is 5.11 Å². The van der Waals surface area contributed by atoms with E-state index in [9.17, 15) is 18.1 Å². The van der Waals surface area contributed by atoms with Gasteiger partial charge in [-0.15, -0.1) is 0 Å². The Morgan fingerprint density at radius 1 is 0.789 bits per heavy atom. The SMILES string of the molecule is O=S(=O)(O)[C@@H](c1ccccc1)[C@@H](O)c1ccccc1. The van der Waals surface area contributed by atoms with Gasteiger partial charge in [-0.3, -0.25) is 4.55 Å². The summed E-state index contributed by atoms with van der Waals surface area (Å²) in [7, 11) is -4.42. The monoisotopic (exact) mass is 278 g/mol. The van der Waals surface area contributed by atoms with Crippen LogP contribution in [0.5, 0.6) is 0 Å². The number of aliphatic hydroxyl groups is 1. The summed E-state index contributed by atoms with van der Waals surface area (Å²) in [6, 6.07) is 16.6. The van der Waals surface area contributed by atoms with Gasteiger partial charge in [-0.1, -0.05) is 60.7 Å². The van der Waals surface area contributed by atoms with Gasteiger partial charge in [0.25, 0.3) is 10.1 Å². The van der Waals surface area contributed by atoms with Crippen LogP contribution < -0.4 is 0 Å². The van der Waals surface area contributed by atoms with Crippen LogP contribution in [0.25, 0.3) is 0 Å². The maximum Gasteiger partial charge on any atom is 0.274 e. The smallest absolute Gasteiger partial charge is 0.274 e. The third-order valence-electron chi connectivity index (χ3n) is 2.88. The largest absolute Gasteiger partial charge is 0.387 e. The molecule has 0 unspecified atom stereocenters. The summed E-state index contributed by atoms with van der Waals surface area (Å²) in [6.07, 6.45) is -1.32. The lowest BCUT2D eigenvalue weighted by Gasteiger charge is -2.21. The zero-order valence-electron chi connectivity index (χ0n) is 10.0. The Morgan fingerprint density at radius 3 is 1.63 bits per heavy atom. The van der Waals surface area contributed by atoms with E-state index in [4.69, 9.17) is 0 Å². The fourth-order valence-corrected chi connectivity index (χ4v) is 2.97. The molecule has 0 saturated heterocycles. The summed E-state index contributed by atoms with van der Waals surface area (Å²) in [5.41, 5.74) is 0.787. The molecule has 2 aromatic carbocycles. The fourth-order valence-electron chi connectivity index (χ4n) is 1.98. The first-order chi connectivity index (χ1) is 9.00. The maximum absolute atomic E-state index is 11.5. The van der Waals surface area contributed by atoms with Crippen molar-refractivity contribution in [2.24, 2.45) is 0 Å². The van der Waals surface area contributed by atoms with Crippen LogP contribution >= 0.6 is 0 Å². The van der Waals surface area contributed by atoms with Crippen molar-refractivity contribution < 1.29 is 18.1 Å². The highest BCUT2D eigenvalue weighted by atomic mass is 32.2. The minimum Gasteiger partial charge on any atom is -0.387 e. The summed E-state index contributed by atoms with van der Waals surface area (Å²) < 4.78 is 32.5. The Kier molecular flexibility index (Phi) is 3.99. The molecule has 2 aromatic rings. The van der Waals surface area contributed by atoms with Gasteiger partial charge in [0.2, 0.25) is 0 Å². The molecule has 19 heavy (non-hydrogen) atoms. The molecule has 0 aliphatic carbocycles. The fraction of sp³-hybridized carbons (Fsp3) is 0.143. The van der Waals surface area contributed by atoms with E-state index < -0.39 is 21.5 Å². The van der Waals surface area contributed by atoms with Crippen LogP contribution in [0.2, 0.25) is 0 Å². The van der Waals surface area contributed by atoms with E-state index >= 15 is 0 Å². The van der Waals surface area contributed by atoms with Gasteiger partial charge in [0.15, 0.2) is 0 Å². The molecule has 2 N–H and O–H groups in total. The average Bonchev–Trinajstić information content (AvgIpc) is 2.39. The Labute approximate surface area is 112 Å². The zero-order chi connectivity index (χ0) is 13.9. The van der Waals surface area contributed by atoms with E-state index in [0.29, 0.717) is 11.1 Å². The molecule has 0 spiro atoms. The van der Waals surface area contributed by atoms with Crippen LogP contribution in [0, 0.1) is 0 Å². The molecule has 2 atom stereocenters. The third-order valence-corrected chi connectivity index (χ3v) is 4.05. The maximum atomic E-state index is 11.5. The number of hydrogen-bond donors (Lipinski definition) is 2. The Balaban J connectivity index is 2.46. The molecule has 0 aliphatic rings. The molecule has 0 fully saturated rings. The summed E-state index contributed by atoms with van der Waals surface area (Å²) in [4.78, 5) is 0. The summed E-state index contributed by atoms with van der Waals surface area (Å²) in [6.45, 7) is 0. The quantitative estimate of drug-likeness (QED) is 0.842. The highest BCUT2D eigenvalue weighted by Gasteiger charge is 2.33. The molecule has 0 amide bonds. The minimum atomic E-state index is -4.42. The summed E-state index contributed by atoms with van der Waals surface area (Å²) in [5.74, 6) is 0. The normalized spacial score (nSPS) is 14.8. The second-order valence-electron chi connectivity index (χ2n) is 4.20. The van der Waals surface area contributed by atoms with Crippen molar-refractivity contribution in [2.45, 2.75) is 11.4 Å². The van der Waals surface area contributed by atoms with Crippen LogP contribution in [0.1, 0.15) is 22.5 Å². The van der Waals surface area contributed by atoms with E-state index in [-0.39, 0.29) is 0 Å². The van der Waals surface area contributed by atoms with Crippen molar-refractivity contribution in [2.75, 3.05) is 0 Å².